The Morgan fingerprint density at radius 3 is 2.33 bits per heavy atom. The molecule has 0 aliphatic carbocycles. The fourth-order valence-corrected chi connectivity index (χ4v) is 1.58. The number of halogens is 1. The van der Waals surface area contributed by atoms with Crippen LogP contribution in [0, 0.1) is 6.92 Å². The lowest BCUT2D eigenvalue weighted by Crippen LogP contribution is -2.15. The minimum Gasteiger partial charge on any atom is -0.386 e. The molecule has 0 aliphatic heterocycles. The number of aliphatic hydroxyl groups is 1. The standard InChI is InChI=1S/C10H13ClO/c1-7-4-5-8(9(11)6-7)10(2,3)12/h4-6,12H,1-3H3. The average molecular weight is 185 g/mol. The summed E-state index contributed by atoms with van der Waals surface area (Å²) in [4.78, 5) is 0. The van der Waals surface area contributed by atoms with Gasteiger partial charge in [-0.3, -0.25) is 0 Å². The van der Waals surface area contributed by atoms with Gasteiger partial charge in [0.05, 0.1) is 5.60 Å². The van der Waals surface area contributed by atoms with E-state index in [1.54, 1.807) is 13.8 Å². The van der Waals surface area contributed by atoms with Crippen LogP contribution in [0.2, 0.25) is 5.02 Å². The Morgan fingerprint density at radius 1 is 1.33 bits per heavy atom. The molecule has 0 saturated carbocycles. The molecule has 1 rings (SSSR count). The van der Waals surface area contributed by atoms with Crippen LogP contribution < -0.4 is 0 Å². The van der Waals surface area contributed by atoms with Crippen molar-refractivity contribution in [2.75, 3.05) is 0 Å². The van der Waals surface area contributed by atoms with Gasteiger partial charge in [0.15, 0.2) is 0 Å². The van der Waals surface area contributed by atoms with Crippen molar-refractivity contribution in [2.45, 2.75) is 26.4 Å². The Balaban J connectivity index is 3.19. The Kier molecular flexibility index (Phi) is 2.45. The molecular weight excluding hydrogens is 172 g/mol. The summed E-state index contributed by atoms with van der Waals surface area (Å²) in [5.74, 6) is 0. The normalized spacial score (nSPS) is 11.8. The summed E-state index contributed by atoms with van der Waals surface area (Å²) < 4.78 is 0. The van der Waals surface area contributed by atoms with Crippen LogP contribution in [-0.4, -0.2) is 5.11 Å². The molecule has 0 saturated heterocycles. The molecule has 12 heavy (non-hydrogen) atoms. The second kappa shape index (κ2) is 3.08. The quantitative estimate of drug-likeness (QED) is 0.712. The van der Waals surface area contributed by atoms with Crippen molar-refractivity contribution in [2.24, 2.45) is 0 Å². The third kappa shape index (κ3) is 1.99. The van der Waals surface area contributed by atoms with E-state index >= 15 is 0 Å². The molecule has 0 spiro atoms. The first kappa shape index (κ1) is 9.56. The molecule has 0 amide bonds. The Hall–Kier alpha value is -0.530. The topological polar surface area (TPSA) is 20.2 Å². The van der Waals surface area contributed by atoms with E-state index < -0.39 is 5.60 Å². The fraction of sp³-hybridized carbons (Fsp3) is 0.400. The largest absolute Gasteiger partial charge is 0.386 e. The van der Waals surface area contributed by atoms with Gasteiger partial charge < -0.3 is 5.11 Å². The summed E-state index contributed by atoms with van der Waals surface area (Å²) in [7, 11) is 0. The summed E-state index contributed by atoms with van der Waals surface area (Å²) in [6.07, 6.45) is 0. The van der Waals surface area contributed by atoms with Crippen LogP contribution in [0.5, 0.6) is 0 Å². The molecule has 2 heteroatoms. The number of benzene rings is 1. The summed E-state index contributed by atoms with van der Waals surface area (Å²) in [5, 5.41) is 10.3. The monoisotopic (exact) mass is 184 g/mol. The van der Waals surface area contributed by atoms with Crippen molar-refractivity contribution in [1.29, 1.82) is 0 Å². The van der Waals surface area contributed by atoms with Gasteiger partial charge in [0.2, 0.25) is 0 Å². The van der Waals surface area contributed by atoms with E-state index in [0.29, 0.717) is 5.02 Å². The van der Waals surface area contributed by atoms with Crippen molar-refractivity contribution in [1.82, 2.24) is 0 Å². The van der Waals surface area contributed by atoms with E-state index in [0.717, 1.165) is 11.1 Å². The minimum absolute atomic E-state index is 0.627. The first-order valence-electron chi connectivity index (χ1n) is 3.90. The lowest BCUT2D eigenvalue weighted by molar-refractivity contribution is 0.0787. The fourth-order valence-electron chi connectivity index (χ4n) is 1.12. The highest BCUT2D eigenvalue weighted by Gasteiger charge is 2.18. The highest BCUT2D eigenvalue weighted by molar-refractivity contribution is 6.31. The molecule has 1 aromatic carbocycles. The Labute approximate surface area is 78.0 Å². The molecule has 1 aromatic rings. The molecule has 66 valence electrons. The van der Waals surface area contributed by atoms with Gasteiger partial charge in [0.1, 0.15) is 0 Å². The van der Waals surface area contributed by atoms with Crippen molar-refractivity contribution >= 4 is 11.6 Å². The average Bonchev–Trinajstić information content (AvgIpc) is 1.83. The van der Waals surface area contributed by atoms with Gasteiger partial charge in [-0.15, -0.1) is 0 Å². The van der Waals surface area contributed by atoms with Crippen LogP contribution in [0.1, 0.15) is 25.0 Å². The molecule has 0 aromatic heterocycles. The van der Waals surface area contributed by atoms with Gasteiger partial charge in [-0.1, -0.05) is 23.7 Å². The summed E-state index contributed by atoms with van der Waals surface area (Å²) >= 11 is 5.95. The zero-order valence-corrected chi connectivity index (χ0v) is 8.31. The molecule has 1 nitrogen and oxygen atoms in total. The van der Waals surface area contributed by atoms with E-state index in [4.69, 9.17) is 11.6 Å². The SMILES string of the molecule is Cc1ccc(C(C)(C)O)c(Cl)c1. The summed E-state index contributed by atoms with van der Waals surface area (Å²) in [6, 6.07) is 5.66. The summed E-state index contributed by atoms with van der Waals surface area (Å²) in [5.41, 5.74) is 1.02. The number of hydrogen-bond acceptors (Lipinski definition) is 1. The Bertz CT molecular complexity index is 286. The van der Waals surface area contributed by atoms with Crippen molar-refractivity contribution in [3.05, 3.63) is 34.3 Å². The van der Waals surface area contributed by atoms with Gasteiger partial charge in [-0.05, 0) is 32.4 Å². The van der Waals surface area contributed by atoms with Gasteiger partial charge in [-0.25, -0.2) is 0 Å². The second-order valence-corrected chi connectivity index (χ2v) is 3.95. The molecular formula is C10H13ClO. The highest BCUT2D eigenvalue weighted by atomic mass is 35.5. The third-order valence-corrected chi connectivity index (χ3v) is 2.10. The van der Waals surface area contributed by atoms with E-state index in [1.807, 2.05) is 25.1 Å². The van der Waals surface area contributed by atoms with Crippen molar-refractivity contribution < 1.29 is 5.11 Å². The smallest absolute Gasteiger partial charge is 0.0854 e. The molecule has 0 radical (unpaired) electrons. The predicted molar refractivity (Wildman–Crippen MR) is 51.4 cm³/mol. The zero-order valence-electron chi connectivity index (χ0n) is 7.56. The number of aryl methyl sites for hydroxylation is 1. The third-order valence-electron chi connectivity index (χ3n) is 1.78. The van der Waals surface area contributed by atoms with E-state index in [2.05, 4.69) is 0 Å². The van der Waals surface area contributed by atoms with Crippen LogP contribution in [0.25, 0.3) is 0 Å². The molecule has 1 N–H and O–H groups in total. The van der Waals surface area contributed by atoms with Crippen molar-refractivity contribution in [3.63, 3.8) is 0 Å². The van der Waals surface area contributed by atoms with Gasteiger partial charge in [-0.2, -0.15) is 0 Å². The molecule has 0 aliphatic rings. The predicted octanol–water partition coefficient (Wildman–Crippen LogP) is 2.88. The van der Waals surface area contributed by atoms with E-state index in [1.165, 1.54) is 0 Å². The van der Waals surface area contributed by atoms with Crippen LogP contribution >= 0.6 is 11.6 Å². The van der Waals surface area contributed by atoms with Gasteiger partial charge >= 0.3 is 0 Å². The Morgan fingerprint density at radius 2 is 1.92 bits per heavy atom. The zero-order chi connectivity index (χ0) is 9.35. The van der Waals surface area contributed by atoms with E-state index in [-0.39, 0.29) is 0 Å². The number of hydrogen-bond donors (Lipinski definition) is 1. The minimum atomic E-state index is -0.856. The first-order valence-corrected chi connectivity index (χ1v) is 4.28. The lowest BCUT2D eigenvalue weighted by Gasteiger charge is -2.19. The molecule has 0 atom stereocenters. The first-order chi connectivity index (χ1) is 5.41. The molecule has 0 fully saturated rings. The highest BCUT2D eigenvalue weighted by Crippen LogP contribution is 2.27. The maximum atomic E-state index is 9.68. The van der Waals surface area contributed by atoms with Gasteiger partial charge in [0.25, 0.3) is 0 Å². The second-order valence-electron chi connectivity index (χ2n) is 3.54. The van der Waals surface area contributed by atoms with E-state index in [9.17, 15) is 5.11 Å². The van der Waals surface area contributed by atoms with Crippen LogP contribution in [0.3, 0.4) is 0 Å². The van der Waals surface area contributed by atoms with Gasteiger partial charge in [0, 0.05) is 10.6 Å². The van der Waals surface area contributed by atoms with Crippen molar-refractivity contribution in [3.8, 4) is 0 Å². The van der Waals surface area contributed by atoms with Crippen LogP contribution in [0.15, 0.2) is 18.2 Å². The lowest BCUT2D eigenvalue weighted by atomic mass is 9.97. The maximum absolute atomic E-state index is 9.68. The van der Waals surface area contributed by atoms with Crippen LogP contribution in [-0.2, 0) is 5.60 Å². The summed E-state index contributed by atoms with van der Waals surface area (Å²) in [6.45, 7) is 5.42. The molecule has 0 unspecified atom stereocenters. The molecule has 0 bridgehead atoms. The number of rotatable bonds is 1. The van der Waals surface area contributed by atoms with Crippen LogP contribution in [0.4, 0.5) is 0 Å². The molecule has 0 heterocycles. The maximum Gasteiger partial charge on any atom is 0.0854 e.